The molecule has 0 saturated carbocycles. The fourth-order valence-electron chi connectivity index (χ4n) is 6.00. The average molecular weight is 538 g/mol. The van der Waals surface area contributed by atoms with Gasteiger partial charge in [0.1, 0.15) is 11.2 Å². The van der Waals surface area contributed by atoms with E-state index in [-0.39, 0.29) is 0 Å². The first-order valence-electron chi connectivity index (χ1n) is 14.3. The fourth-order valence-corrected chi connectivity index (χ4v) is 6.00. The van der Waals surface area contributed by atoms with Gasteiger partial charge >= 0.3 is 0 Å². The molecule has 0 aliphatic rings. The summed E-state index contributed by atoms with van der Waals surface area (Å²) in [6, 6.07) is 58.0. The highest BCUT2D eigenvalue weighted by Gasteiger charge is 2.16. The Bertz CT molecular complexity index is 2210. The molecule has 2 nitrogen and oxygen atoms in total. The van der Waals surface area contributed by atoms with Gasteiger partial charge in [-0.3, -0.25) is 0 Å². The summed E-state index contributed by atoms with van der Waals surface area (Å²) in [7, 11) is 0. The molecule has 8 aromatic rings. The van der Waals surface area contributed by atoms with Crippen molar-refractivity contribution in [3.8, 4) is 22.3 Å². The fraction of sp³-hybridized carbons (Fsp3) is 0. The number of hydrogen-bond donors (Lipinski definition) is 0. The molecule has 0 aliphatic carbocycles. The molecule has 0 N–H and O–H groups in total. The molecule has 0 radical (unpaired) electrons. The van der Waals surface area contributed by atoms with Crippen LogP contribution in [0.25, 0.3) is 55.0 Å². The van der Waals surface area contributed by atoms with Crippen molar-refractivity contribution in [3.63, 3.8) is 0 Å². The van der Waals surface area contributed by atoms with Crippen molar-refractivity contribution < 1.29 is 4.42 Å². The number of hydrogen-bond acceptors (Lipinski definition) is 2. The zero-order valence-corrected chi connectivity index (χ0v) is 22.9. The molecule has 0 unspecified atom stereocenters. The first-order valence-corrected chi connectivity index (χ1v) is 14.3. The molecule has 0 atom stereocenters. The van der Waals surface area contributed by atoms with Crippen molar-refractivity contribution in [1.82, 2.24) is 0 Å². The number of furan rings is 1. The van der Waals surface area contributed by atoms with Gasteiger partial charge in [-0.15, -0.1) is 0 Å². The van der Waals surface area contributed by atoms with Crippen LogP contribution in [0.4, 0.5) is 17.1 Å². The first-order chi connectivity index (χ1) is 20.8. The Morgan fingerprint density at radius 2 is 1.00 bits per heavy atom. The van der Waals surface area contributed by atoms with Crippen LogP contribution in [-0.4, -0.2) is 0 Å². The van der Waals surface area contributed by atoms with E-state index >= 15 is 0 Å². The van der Waals surface area contributed by atoms with E-state index in [1.54, 1.807) is 0 Å². The maximum atomic E-state index is 6.39. The predicted octanol–water partition coefficient (Wildman–Crippen LogP) is 11.5. The molecule has 0 fully saturated rings. The molecule has 7 aromatic carbocycles. The van der Waals surface area contributed by atoms with Crippen LogP contribution in [0.1, 0.15) is 0 Å². The largest absolute Gasteiger partial charge is 0.455 e. The molecule has 0 aliphatic heterocycles. The predicted molar refractivity (Wildman–Crippen MR) is 177 cm³/mol. The van der Waals surface area contributed by atoms with E-state index in [2.05, 4.69) is 157 Å². The molecular weight excluding hydrogens is 510 g/mol. The molecule has 42 heavy (non-hydrogen) atoms. The Morgan fingerprint density at radius 1 is 0.381 bits per heavy atom. The van der Waals surface area contributed by atoms with Gasteiger partial charge in [0.15, 0.2) is 0 Å². The van der Waals surface area contributed by atoms with Crippen LogP contribution in [0.5, 0.6) is 0 Å². The van der Waals surface area contributed by atoms with E-state index in [1.807, 2.05) is 12.1 Å². The molecule has 2 heteroatoms. The molecule has 1 aromatic heterocycles. The van der Waals surface area contributed by atoms with Crippen LogP contribution in [0.3, 0.4) is 0 Å². The zero-order valence-electron chi connectivity index (χ0n) is 22.9. The molecule has 0 spiro atoms. The normalized spacial score (nSPS) is 11.3. The lowest BCUT2D eigenvalue weighted by molar-refractivity contribution is 0.670. The van der Waals surface area contributed by atoms with Gasteiger partial charge < -0.3 is 9.32 Å². The summed E-state index contributed by atoms with van der Waals surface area (Å²) >= 11 is 0. The maximum Gasteiger partial charge on any atom is 0.143 e. The Labute approximate surface area is 244 Å². The SMILES string of the molecule is c1ccc(N(c2cccc(-c3ccc4ccccc4c3)c2)c2cccc(-c3cccc4c3oc3ccccc34)c2)cc1. The minimum Gasteiger partial charge on any atom is -0.455 e. The Hall–Kier alpha value is -5.60. The van der Waals surface area contributed by atoms with Crippen molar-refractivity contribution in [3.05, 3.63) is 164 Å². The van der Waals surface area contributed by atoms with E-state index in [0.29, 0.717) is 0 Å². The van der Waals surface area contributed by atoms with Gasteiger partial charge in [-0.05, 0) is 76.0 Å². The monoisotopic (exact) mass is 537 g/mol. The molecule has 8 rings (SSSR count). The highest BCUT2D eigenvalue weighted by molar-refractivity contribution is 6.09. The van der Waals surface area contributed by atoms with Crippen molar-refractivity contribution in [2.24, 2.45) is 0 Å². The van der Waals surface area contributed by atoms with Gasteiger partial charge in [0.05, 0.1) is 0 Å². The van der Waals surface area contributed by atoms with Gasteiger partial charge in [-0.25, -0.2) is 0 Å². The third kappa shape index (κ3) is 4.22. The highest BCUT2D eigenvalue weighted by atomic mass is 16.3. The second kappa shape index (κ2) is 10.1. The van der Waals surface area contributed by atoms with Crippen LogP contribution >= 0.6 is 0 Å². The third-order valence-electron chi connectivity index (χ3n) is 8.02. The third-order valence-corrected chi connectivity index (χ3v) is 8.02. The lowest BCUT2D eigenvalue weighted by Gasteiger charge is -2.26. The summed E-state index contributed by atoms with van der Waals surface area (Å²) in [6.07, 6.45) is 0. The molecular formula is C40H27NO. The van der Waals surface area contributed by atoms with Crippen LogP contribution in [-0.2, 0) is 0 Å². The number of fused-ring (bicyclic) bond motifs is 4. The minimum atomic E-state index is 0.910. The second-order valence-corrected chi connectivity index (χ2v) is 10.6. The summed E-state index contributed by atoms with van der Waals surface area (Å²) in [6.45, 7) is 0. The van der Waals surface area contributed by atoms with E-state index in [0.717, 1.165) is 50.1 Å². The van der Waals surface area contributed by atoms with E-state index in [4.69, 9.17) is 4.42 Å². The quantitative estimate of drug-likeness (QED) is 0.217. The number of anilines is 3. The first kappa shape index (κ1) is 24.2. The van der Waals surface area contributed by atoms with Crippen LogP contribution in [0, 0.1) is 0 Å². The molecule has 0 bridgehead atoms. The maximum absolute atomic E-state index is 6.39. The second-order valence-electron chi connectivity index (χ2n) is 10.6. The summed E-state index contributed by atoms with van der Waals surface area (Å²) in [5.41, 5.74) is 9.71. The standard InChI is InChI=1S/C40H27NO/c1-2-15-33(16-3-1)41(34-17-8-13-30(26-34)31-24-23-28-11-4-5-12-29(28)25-31)35-18-9-14-32(27-35)36-20-10-21-38-37-19-6-7-22-39(37)42-40(36)38/h1-27H. The van der Waals surface area contributed by atoms with E-state index < -0.39 is 0 Å². The van der Waals surface area contributed by atoms with Crippen LogP contribution < -0.4 is 4.90 Å². The summed E-state index contributed by atoms with van der Waals surface area (Å²) in [5.74, 6) is 0. The molecule has 0 saturated heterocycles. The van der Waals surface area contributed by atoms with Crippen LogP contribution in [0.15, 0.2) is 168 Å². The number of nitrogens with zero attached hydrogens (tertiary/aromatic N) is 1. The Balaban J connectivity index is 1.26. The van der Waals surface area contributed by atoms with Crippen molar-refractivity contribution >= 4 is 49.8 Å². The Morgan fingerprint density at radius 3 is 1.86 bits per heavy atom. The van der Waals surface area contributed by atoms with Crippen molar-refractivity contribution in [2.45, 2.75) is 0 Å². The summed E-state index contributed by atoms with van der Waals surface area (Å²) < 4.78 is 6.39. The topological polar surface area (TPSA) is 16.4 Å². The van der Waals surface area contributed by atoms with Gasteiger partial charge in [-0.2, -0.15) is 0 Å². The van der Waals surface area contributed by atoms with E-state index in [1.165, 1.54) is 21.9 Å². The number of benzene rings is 7. The highest BCUT2D eigenvalue weighted by Crippen LogP contribution is 2.40. The number of rotatable bonds is 5. The zero-order chi connectivity index (χ0) is 27.9. The molecule has 0 amide bonds. The number of para-hydroxylation sites is 3. The van der Waals surface area contributed by atoms with Gasteiger partial charge in [0.25, 0.3) is 0 Å². The Kier molecular flexibility index (Phi) is 5.82. The van der Waals surface area contributed by atoms with Crippen molar-refractivity contribution in [2.75, 3.05) is 4.90 Å². The van der Waals surface area contributed by atoms with Crippen molar-refractivity contribution in [1.29, 1.82) is 0 Å². The average Bonchev–Trinajstić information content (AvgIpc) is 3.44. The molecule has 1 heterocycles. The van der Waals surface area contributed by atoms with E-state index in [9.17, 15) is 0 Å². The lowest BCUT2D eigenvalue weighted by atomic mass is 9.99. The smallest absolute Gasteiger partial charge is 0.143 e. The lowest BCUT2D eigenvalue weighted by Crippen LogP contribution is -2.10. The summed E-state index contributed by atoms with van der Waals surface area (Å²) in [4.78, 5) is 2.33. The molecule has 198 valence electrons. The van der Waals surface area contributed by atoms with Crippen LogP contribution in [0.2, 0.25) is 0 Å². The van der Waals surface area contributed by atoms with Gasteiger partial charge in [0.2, 0.25) is 0 Å². The minimum absolute atomic E-state index is 0.910. The van der Waals surface area contributed by atoms with Gasteiger partial charge in [-0.1, -0.05) is 115 Å². The van der Waals surface area contributed by atoms with Gasteiger partial charge in [0, 0.05) is 33.4 Å². The summed E-state index contributed by atoms with van der Waals surface area (Å²) in [5, 5.41) is 4.77.